The first-order valence-electron chi connectivity index (χ1n) is 9.15. The summed E-state index contributed by atoms with van der Waals surface area (Å²) in [6.45, 7) is 9.58. The van der Waals surface area contributed by atoms with Crippen molar-refractivity contribution in [1.82, 2.24) is 9.78 Å². The van der Waals surface area contributed by atoms with Crippen LogP contribution < -0.4 is 5.46 Å². The first-order valence-corrected chi connectivity index (χ1v) is 7.15. The molecule has 0 N–H and O–H groups in total. The van der Waals surface area contributed by atoms with Gasteiger partial charge in [0.1, 0.15) is 5.60 Å². The third-order valence-electron chi connectivity index (χ3n) is 3.74. The second-order valence-corrected chi connectivity index (χ2v) is 7.35. The Bertz CT molecular complexity index is 706. The Morgan fingerprint density at radius 1 is 1.36 bits per heavy atom. The van der Waals surface area contributed by atoms with Crippen molar-refractivity contribution < 1.29 is 24.3 Å². The Balaban J connectivity index is 2.54. The van der Waals surface area contributed by atoms with Crippen molar-refractivity contribution in [1.29, 1.82) is 0 Å². The topological polar surface area (TPSA) is 62.6 Å². The van der Waals surface area contributed by atoms with Crippen LogP contribution in [0.15, 0.2) is 6.17 Å². The minimum Gasteiger partial charge on any atom is -0.442 e. The largest absolute Gasteiger partial charge is 0.498 e. The maximum atomic E-state index is 12.3. The van der Waals surface area contributed by atoms with Gasteiger partial charge >= 0.3 is 13.2 Å². The van der Waals surface area contributed by atoms with Crippen LogP contribution >= 0.6 is 0 Å². The second-order valence-electron chi connectivity index (χ2n) is 7.35. The number of ether oxygens (including phenoxy) is 1. The molecule has 0 amide bonds. The van der Waals surface area contributed by atoms with E-state index in [1.165, 1.54) is 0 Å². The number of aromatic nitrogens is 2. The molecular weight excluding hydrogens is 283 g/mol. The van der Waals surface area contributed by atoms with Crippen molar-refractivity contribution in [2.45, 2.75) is 72.1 Å². The SMILES string of the molecule is [2H]c1c(B2OC(C)(C)C(C)(C)O2)c(C([2H])([2H])[2H])nn1C(=O)OC(C)(C)C. The van der Waals surface area contributed by atoms with Gasteiger partial charge in [-0.25, -0.2) is 4.79 Å². The van der Waals surface area contributed by atoms with Crippen LogP contribution in [0, 0.1) is 6.85 Å². The van der Waals surface area contributed by atoms with Crippen LogP contribution in [0.25, 0.3) is 0 Å². The highest BCUT2D eigenvalue weighted by atomic mass is 16.7. The van der Waals surface area contributed by atoms with E-state index in [1.807, 2.05) is 27.7 Å². The molecule has 0 bridgehead atoms. The molecule has 0 saturated carbocycles. The maximum absolute atomic E-state index is 12.3. The van der Waals surface area contributed by atoms with Crippen LogP contribution in [-0.2, 0) is 14.0 Å². The van der Waals surface area contributed by atoms with Crippen LogP contribution in [0.2, 0.25) is 0 Å². The molecule has 0 aromatic carbocycles. The molecule has 0 atom stereocenters. The molecule has 7 heteroatoms. The molecule has 22 heavy (non-hydrogen) atoms. The van der Waals surface area contributed by atoms with E-state index in [1.54, 1.807) is 20.8 Å². The highest BCUT2D eigenvalue weighted by Crippen LogP contribution is 2.36. The Morgan fingerprint density at radius 2 is 1.91 bits per heavy atom. The van der Waals surface area contributed by atoms with E-state index < -0.39 is 48.7 Å². The van der Waals surface area contributed by atoms with Crippen molar-refractivity contribution in [3.8, 4) is 0 Å². The predicted molar refractivity (Wildman–Crippen MR) is 84.3 cm³/mol. The molecule has 2 heterocycles. The van der Waals surface area contributed by atoms with E-state index in [2.05, 4.69) is 5.10 Å². The number of nitrogens with zero attached hydrogens (tertiary/aromatic N) is 2. The molecule has 0 aliphatic carbocycles. The first kappa shape index (κ1) is 12.1. The summed E-state index contributed by atoms with van der Waals surface area (Å²) in [5, 5.41) is 3.84. The summed E-state index contributed by atoms with van der Waals surface area (Å²) in [7, 11) is -1.13. The summed E-state index contributed by atoms with van der Waals surface area (Å²) >= 11 is 0. The quantitative estimate of drug-likeness (QED) is 0.744. The summed E-state index contributed by atoms with van der Waals surface area (Å²) in [6.07, 6.45) is -1.36. The van der Waals surface area contributed by atoms with Gasteiger partial charge in [0.25, 0.3) is 0 Å². The van der Waals surface area contributed by atoms with E-state index in [4.69, 9.17) is 19.5 Å². The zero-order valence-corrected chi connectivity index (χ0v) is 14.1. The van der Waals surface area contributed by atoms with Gasteiger partial charge in [-0.15, -0.1) is 0 Å². The lowest BCUT2D eigenvalue weighted by molar-refractivity contribution is 0.00578. The van der Waals surface area contributed by atoms with E-state index in [0.29, 0.717) is 4.68 Å². The van der Waals surface area contributed by atoms with Gasteiger partial charge in [-0.2, -0.15) is 9.78 Å². The van der Waals surface area contributed by atoms with Gasteiger partial charge in [-0.1, -0.05) is 0 Å². The normalized spacial score (nSPS) is 23.5. The Morgan fingerprint density at radius 3 is 2.36 bits per heavy atom. The van der Waals surface area contributed by atoms with E-state index in [9.17, 15) is 4.79 Å². The number of aryl methyl sites for hydroxylation is 1. The minimum absolute atomic E-state index is 0.0884. The van der Waals surface area contributed by atoms with Crippen molar-refractivity contribution in [3.63, 3.8) is 0 Å². The van der Waals surface area contributed by atoms with Gasteiger partial charge in [0, 0.05) is 15.7 Å². The van der Waals surface area contributed by atoms with Gasteiger partial charge in [0.2, 0.25) is 0 Å². The smallest absolute Gasteiger partial charge is 0.442 e. The molecule has 1 aliphatic heterocycles. The fraction of sp³-hybridized carbons (Fsp3) is 0.733. The summed E-state index contributed by atoms with van der Waals surface area (Å²) < 4.78 is 49.0. The fourth-order valence-corrected chi connectivity index (χ4v) is 1.86. The van der Waals surface area contributed by atoms with Crippen molar-refractivity contribution in [2.24, 2.45) is 0 Å². The number of carbonyl (C=O) groups is 1. The zero-order valence-electron chi connectivity index (χ0n) is 18.1. The number of hydrogen-bond acceptors (Lipinski definition) is 5. The standard InChI is InChI=1S/C15H25BN2O4/c1-10-11(16-21-14(5,6)15(7,8)22-16)9-18(17-10)12(19)20-13(2,3)4/h9H,1-8H3/i1D3,9D. The van der Waals surface area contributed by atoms with Crippen LogP contribution in [0.3, 0.4) is 0 Å². The lowest BCUT2D eigenvalue weighted by Crippen LogP contribution is -2.41. The molecule has 6 nitrogen and oxygen atoms in total. The van der Waals surface area contributed by atoms with E-state index in [0.717, 1.165) is 0 Å². The van der Waals surface area contributed by atoms with Crippen LogP contribution in [0.4, 0.5) is 4.79 Å². The molecule has 1 fully saturated rings. The third-order valence-corrected chi connectivity index (χ3v) is 3.74. The molecule has 2 rings (SSSR count). The Labute approximate surface area is 137 Å². The van der Waals surface area contributed by atoms with Crippen molar-refractivity contribution >= 4 is 18.7 Å². The number of hydrogen-bond donors (Lipinski definition) is 0. The fourth-order valence-electron chi connectivity index (χ4n) is 1.86. The summed E-state index contributed by atoms with van der Waals surface area (Å²) in [6, 6.07) is 0. The molecule has 0 radical (unpaired) electrons. The molecule has 1 aliphatic rings. The molecule has 122 valence electrons. The second kappa shape index (κ2) is 5.10. The van der Waals surface area contributed by atoms with Crippen molar-refractivity contribution in [2.75, 3.05) is 0 Å². The highest BCUT2D eigenvalue weighted by molar-refractivity contribution is 6.62. The monoisotopic (exact) mass is 312 g/mol. The minimum atomic E-state index is -2.65. The van der Waals surface area contributed by atoms with E-state index >= 15 is 0 Å². The third kappa shape index (κ3) is 3.20. The molecule has 1 aromatic rings. The van der Waals surface area contributed by atoms with Crippen molar-refractivity contribution in [3.05, 3.63) is 11.9 Å². The van der Waals surface area contributed by atoms with Gasteiger partial charge in [-0.05, 0) is 55.3 Å². The lowest BCUT2D eigenvalue weighted by Gasteiger charge is -2.32. The molecule has 0 spiro atoms. The number of carbonyl (C=O) groups excluding carboxylic acids is 1. The maximum Gasteiger partial charge on any atom is 0.498 e. The first-order chi connectivity index (χ1) is 11.5. The average Bonchev–Trinajstić information content (AvgIpc) is 2.81. The summed E-state index contributed by atoms with van der Waals surface area (Å²) in [4.78, 5) is 12.3. The molecular formula is C15H25BN2O4. The van der Waals surface area contributed by atoms with Gasteiger partial charge < -0.3 is 14.0 Å². The van der Waals surface area contributed by atoms with Crippen LogP contribution in [0.1, 0.15) is 59.6 Å². The Kier molecular flexibility index (Phi) is 2.81. The molecule has 0 unspecified atom stereocenters. The van der Waals surface area contributed by atoms with Gasteiger partial charge in [0.05, 0.1) is 18.3 Å². The zero-order chi connectivity index (χ0) is 20.3. The average molecular weight is 312 g/mol. The molecule has 1 aromatic heterocycles. The van der Waals surface area contributed by atoms with Gasteiger partial charge in [0.15, 0.2) is 0 Å². The predicted octanol–water partition coefficient (Wildman–Crippen LogP) is 2.27. The lowest BCUT2D eigenvalue weighted by atomic mass is 9.79. The number of rotatable bonds is 1. The Hall–Kier alpha value is -1.34. The van der Waals surface area contributed by atoms with Crippen LogP contribution in [0.5, 0.6) is 0 Å². The molecule has 1 saturated heterocycles. The van der Waals surface area contributed by atoms with Gasteiger partial charge in [-0.3, -0.25) is 0 Å². The summed E-state index contributed by atoms with van der Waals surface area (Å²) in [5.74, 6) is 0. The van der Waals surface area contributed by atoms with E-state index in [-0.39, 0.29) is 5.46 Å². The van der Waals surface area contributed by atoms with Crippen LogP contribution in [-0.4, -0.2) is 39.8 Å². The highest BCUT2D eigenvalue weighted by Gasteiger charge is 2.52. The summed E-state index contributed by atoms with van der Waals surface area (Å²) in [5.41, 5.74) is -2.78.